The SMILES string of the molecule is COC(=O)C1=CN(CCC(=O)O)C=C(C(=O)OC)C1c1ccccc1. The molecule has 2 rings (SSSR count). The summed E-state index contributed by atoms with van der Waals surface area (Å²) in [6, 6.07) is 9.02. The van der Waals surface area contributed by atoms with Crippen molar-refractivity contribution < 1.29 is 29.0 Å². The van der Waals surface area contributed by atoms with Crippen molar-refractivity contribution >= 4 is 17.9 Å². The van der Waals surface area contributed by atoms with Gasteiger partial charge in [0.25, 0.3) is 0 Å². The predicted octanol–water partition coefficient (Wildman–Crippen LogP) is 1.67. The average molecular weight is 345 g/mol. The smallest absolute Gasteiger partial charge is 0.336 e. The molecule has 1 heterocycles. The molecule has 0 aliphatic carbocycles. The van der Waals surface area contributed by atoms with E-state index in [0.717, 1.165) is 5.56 Å². The first kappa shape index (κ1) is 18.3. The van der Waals surface area contributed by atoms with E-state index >= 15 is 0 Å². The van der Waals surface area contributed by atoms with Crippen LogP contribution in [-0.4, -0.2) is 48.7 Å². The number of nitrogens with zero attached hydrogens (tertiary/aromatic N) is 1. The molecule has 0 amide bonds. The molecule has 0 saturated heterocycles. The van der Waals surface area contributed by atoms with Crippen LogP contribution >= 0.6 is 0 Å². The molecule has 1 aliphatic heterocycles. The molecule has 0 bridgehead atoms. The predicted molar refractivity (Wildman–Crippen MR) is 88.3 cm³/mol. The van der Waals surface area contributed by atoms with Gasteiger partial charge in [-0.05, 0) is 5.56 Å². The van der Waals surface area contributed by atoms with Gasteiger partial charge in [-0.2, -0.15) is 0 Å². The van der Waals surface area contributed by atoms with Crippen molar-refractivity contribution in [2.75, 3.05) is 20.8 Å². The number of carbonyl (C=O) groups excluding carboxylic acids is 2. The quantitative estimate of drug-likeness (QED) is 0.784. The first-order valence-electron chi connectivity index (χ1n) is 7.60. The molecule has 0 fully saturated rings. The second kappa shape index (κ2) is 8.14. The van der Waals surface area contributed by atoms with Crippen LogP contribution in [0.1, 0.15) is 17.9 Å². The fraction of sp³-hybridized carbons (Fsp3) is 0.278. The molecule has 0 spiro atoms. The Morgan fingerprint density at radius 2 is 1.52 bits per heavy atom. The molecule has 132 valence electrons. The summed E-state index contributed by atoms with van der Waals surface area (Å²) in [6.45, 7) is 0.109. The normalized spacial score (nSPS) is 14.4. The molecule has 7 heteroatoms. The lowest BCUT2D eigenvalue weighted by Gasteiger charge is -2.29. The summed E-state index contributed by atoms with van der Waals surface area (Å²) in [5, 5.41) is 8.87. The Kier molecular flexibility index (Phi) is 5.94. The van der Waals surface area contributed by atoms with Crippen molar-refractivity contribution in [1.82, 2.24) is 4.90 Å². The van der Waals surface area contributed by atoms with Gasteiger partial charge in [-0.25, -0.2) is 9.59 Å². The summed E-state index contributed by atoms with van der Waals surface area (Å²) in [7, 11) is 2.51. The topological polar surface area (TPSA) is 93.1 Å². The van der Waals surface area contributed by atoms with E-state index in [4.69, 9.17) is 14.6 Å². The van der Waals surface area contributed by atoms with E-state index in [-0.39, 0.29) is 24.1 Å². The average Bonchev–Trinajstić information content (AvgIpc) is 2.64. The van der Waals surface area contributed by atoms with E-state index in [0.29, 0.717) is 0 Å². The highest BCUT2D eigenvalue weighted by Crippen LogP contribution is 2.36. The van der Waals surface area contributed by atoms with E-state index in [9.17, 15) is 14.4 Å². The van der Waals surface area contributed by atoms with Crippen LogP contribution in [0.2, 0.25) is 0 Å². The standard InChI is InChI=1S/C18H19NO6/c1-24-17(22)13-10-19(9-8-15(20)21)11-14(18(23)25-2)16(13)12-6-4-3-5-7-12/h3-7,10-11,16H,8-9H2,1-2H3,(H,20,21). The summed E-state index contributed by atoms with van der Waals surface area (Å²) in [6.07, 6.45) is 2.88. The largest absolute Gasteiger partial charge is 0.481 e. The highest BCUT2D eigenvalue weighted by atomic mass is 16.5. The van der Waals surface area contributed by atoms with Crippen LogP contribution in [0.15, 0.2) is 53.9 Å². The molecule has 0 unspecified atom stereocenters. The van der Waals surface area contributed by atoms with E-state index in [1.165, 1.54) is 31.5 Å². The minimum absolute atomic E-state index is 0.109. The van der Waals surface area contributed by atoms with Gasteiger partial charge in [-0.15, -0.1) is 0 Å². The van der Waals surface area contributed by atoms with Gasteiger partial charge in [0.05, 0.1) is 37.7 Å². The molecule has 0 atom stereocenters. The number of aliphatic carboxylic acids is 1. The first-order valence-corrected chi connectivity index (χ1v) is 7.60. The van der Waals surface area contributed by atoms with Gasteiger partial charge in [0, 0.05) is 18.9 Å². The first-order chi connectivity index (χ1) is 12.0. The maximum atomic E-state index is 12.3. The van der Waals surface area contributed by atoms with Crippen molar-refractivity contribution in [2.24, 2.45) is 0 Å². The second-order valence-electron chi connectivity index (χ2n) is 5.38. The highest BCUT2D eigenvalue weighted by Gasteiger charge is 2.35. The zero-order chi connectivity index (χ0) is 18.4. The lowest BCUT2D eigenvalue weighted by molar-refractivity contribution is -0.138. The number of benzene rings is 1. The summed E-state index contributed by atoms with van der Waals surface area (Å²) in [4.78, 5) is 36.9. The number of methoxy groups -OCH3 is 2. The Balaban J connectivity index is 2.50. The Morgan fingerprint density at radius 1 is 1.00 bits per heavy atom. The maximum absolute atomic E-state index is 12.3. The Hall–Kier alpha value is -3.09. The minimum atomic E-state index is -0.980. The van der Waals surface area contributed by atoms with E-state index in [1.54, 1.807) is 24.3 Å². The molecular formula is C18H19NO6. The van der Waals surface area contributed by atoms with Gasteiger partial charge in [0.2, 0.25) is 0 Å². The van der Waals surface area contributed by atoms with Crippen LogP contribution in [0.4, 0.5) is 0 Å². The van der Waals surface area contributed by atoms with Crippen molar-refractivity contribution in [3.8, 4) is 0 Å². The summed E-state index contributed by atoms with van der Waals surface area (Å²) < 4.78 is 9.70. The fourth-order valence-corrected chi connectivity index (χ4v) is 2.65. The number of rotatable bonds is 6. The molecular weight excluding hydrogens is 326 g/mol. The molecule has 1 N–H and O–H groups in total. The number of carboxylic acids is 1. The number of ether oxygens (including phenoxy) is 2. The molecule has 0 aromatic heterocycles. The number of carbonyl (C=O) groups is 3. The zero-order valence-corrected chi connectivity index (χ0v) is 14.0. The molecule has 0 radical (unpaired) electrons. The lowest BCUT2D eigenvalue weighted by atomic mass is 9.83. The molecule has 1 aromatic rings. The van der Waals surface area contributed by atoms with Crippen molar-refractivity contribution in [1.29, 1.82) is 0 Å². The van der Waals surface area contributed by atoms with Crippen LogP contribution < -0.4 is 0 Å². The van der Waals surface area contributed by atoms with E-state index < -0.39 is 23.8 Å². The minimum Gasteiger partial charge on any atom is -0.481 e. The summed E-state index contributed by atoms with van der Waals surface area (Å²) in [5.41, 5.74) is 1.21. The lowest BCUT2D eigenvalue weighted by Crippen LogP contribution is -2.29. The van der Waals surface area contributed by atoms with Crippen molar-refractivity contribution in [3.05, 3.63) is 59.4 Å². The number of hydrogen-bond donors (Lipinski definition) is 1. The van der Waals surface area contributed by atoms with Gasteiger partial charge < -0.3 is 19.5 Å². The zero-order valence-electron chi connectivity index (χ0n) is 14.0. The molecule has 7 nitrogen and oxygen atoms in total. The van der Waals surface area contributed by atoms with E-state index in [2.05, 4.69) is 0 Å². The maximum Gasteiger partial charge on any atom is 0.336 e. The summed E-state index contributed by atoms with van der Waals surface area (Å²) in [5.74, 6) is -2.82. The van der Waals surface area contributed by atoms with Gasteiger partial charge in [0.1, 0.15) is 0 Å². The van der Waals surface area contributed by atoms with Crippen LogP contribution in [0.3, 0.4) is 0 Å². The third-order valence-corrected chi connectivity index (χ3v) is 3.79. The molecule has 1 aromatic carbocycles. The number of hydrogen-bond acceptors (Lipinski definition) is 6. The van der Waals surface area contributed by atoms with Crippen LogP contribution in [0.25, 0.3) is 0 Å². The number of esters is 2. The van der Waals surface area contributed by atoms with Crippen LogP contribution in [0, 0.1) is 0 Å². The third-order valence-electron chi connectivity index (χ3n) is 3.79. The van der Waals surface area contributed by atoms with Crippen LogP contribution in [-0.2, 0) is 23.9 Å². The van der Waals surface area contributed by atoms with Gasteiger partial charge in [-0.3, -0.25) is 4.79 Å². The highest BCUT2D eigenvalue weighted by molar-refractivity contribution is 5.98. The van der Waals surface area contributed by atoms with Crippen molar-refractivity contribution in [3.63, 3.8) is 0 Å². The monoisotopic (exact) mass is 345 g/mol. The molecule has 0 saturated carbocycles. The van der Waals surface area contributed by atoms with Crippen molar-refractivity contribution in [2.45, 2.75) is 12.3 Å². The molecule has 1 aliphatic rings. The fourth-order valence-electron chi connectivity index (χ4n) is 2.65. The summed E-state index contributed by atoms with van der Waals surface area (Å²) >= 11 is 0. The van der Waals surface area contributed by atoms with Gasteiger partial charge in [-0.1, -0.05) is 30.3 Å². The Morgan fingerprint density at radius 3 is 1.96 bits per heavy atom. The Labute approximate surface area is 145 Å². The molecule has 25 heavy (non-hydrogen) atoms. The Bertz CT molecular complexity index is 688. The number of carboxylic acid groups (broad SMARTS) is 1. The van der Waals surface area contributed by atoms with Gasteiger partial charge >= 0.3 is 17.9 Å². The van der Waals surface area contributed by atoms with E-state index in [1.807, 2.05) is 6.07 Å². The second-order valence-corrected chi connectivity index (χ2v) is 5.38. The third kappa shape index (κ3) is 4.26. The van der Waals surface area contributed by atoms with Crippen LogP contribution in [0.5, 0.6) is 0 Å². The van der Waals surface area contributed by atoms with Gasteiger partial charge in [0.15, 0.2) is 0 Å².